The summed E-state index contributed by atoms with van der Waals surface area (Å²) in [4.78, 5) is 8.38. The maximum Gasteiger partial charge on any atom is 0.232 e. The Hall–Kier alpha value is -1.25. The van der Waals surface area contributed by atoms with Crippen LogP contribution in [0.5, 0.6) is 5.88 Å². The van der Waals surface area contributed by atoms with E-state index < -0.39 is 20.9 Å². The summed E-state index contributed by atoms with van der Waals surface area (Å²) in [6.45, 7) is 6.65. The SMILES string of the molecule is Cc1cncc(O[C@H]2CCOC3(C2)CN(S(=O)(=O)C(C)C)C3)n1. The van der Waals surface area contributed by atoms with E-state index in [0.717, 1.165) is 12.1 Å². The number of aryl methyl sites for hydroxylation is 1. The molecule has 128 valence electrons. The number of rotatable bonds is 4. The molecule has 2 aliphatic rings. The third kappa shape index (κ3) is 3.34. The van der Waals surface area contributed by atoms with Crippen molar-refractivity contribution in [2.45, 2.75) is 50.6 Å². The Balaban J connectivity index is 1.62. The first-order valence-electron chi connectivity index (χ1n) is 7.89. The lowest BCUT2D eigenvalue weighted by atomic mass is 9.86. The van der Waals surface area contributed by atoms with Gasteiger partial charge in [0.15, 0.2) is 0 Å². The number of ether oxygens (including phenoxy) is 2. The van der Waals surface area contributed by atoms with Gasteiger partial charge >= 0.3 is 0 Å². The third-order valence-corrected chi connectivity index (χ3v) is 6.52. The molecule has 0 unspecified atom stereocenters. The van der Waals surface area contributed by atoms with Gasteiger partial charge in [-0.2, -0.15) is 4.31 Å². The second-order valence-electron chi connectivity index (χ2n) is 6.62. The predicted octanol–water partition coefficient (Wildman–Crippen LogP) is 1.14. The zero-order valence-corrected chi connectivity index (χ0v) is 14.5. The van der Waals surface area contributed by atoms with Gasteiger partial charge in [-0.15, -0.1) is 0 Å². The van der Waals surface area contributed by atoms with E-state index in [1.54, 1.807) is 26.2 Å². The van der Waals surface area contributed by atoms with Gasteiger partial charge in [-0.3, -0.25) is 4.98 Å². The lowest BCUT2D eigenvalue weighted by molar-refractivity contribution is -0.165. The number of sulfonamides is 1. The number of hydrogen-bond acceptors (Lipinski definition) is 6. The summed E-state index contributed by atoms with van der Waals surface area (Å²) >= 11 is 0. The van der Waals surface area contributed by atoms with Gasteiger partial charge in [0, 0.05) is 32.1 Å². The number of hydrogen-bond donors (Lipinski definition) is 0. The molecule has 1 atom stereocenters. The molecule has 0 radical (unpaired) electrons. The van der Waals surface area contributed by atoms with Crippen molar-refractivity contribution in [1.29, 1.82) is 0 Å². The third-order valence-electron chi connectivity index (χ3n) is 4.35. The average Bonchev–Trinajstić information content (AvgIpc) is 2.44. The van der Waals surface area contributed by atoms with Crippen molar-refractivity contribution in [2.75, 3.05) is 19.7 Å². The van der Waals surface area contributed by atoms with Gasteiger partial charge in [-0.05, 0) is 20.8 Å². The first-order chi connectivity index (χ1) is 10.8. The molecular formula is C15H23N3O4S. The van der Waals surface area contributed by atoms with Gasteiger partial charge < -0.3 is 9.47 Å². The van der Waals surface area contributed by atoms with Crippen molar-refractivity contribution in [1.82, 2.24) is 14.3 Å². The highest BCUT2D eigenvalue weighted by atomic mass is 32.2. The van der Waals surface area contributed by atoms with Gasteiger partial charge in [0.2, 0.25) is 15.9 Å². The van der Waals surface area contributed by atoms with E-state index in [9.17, 15) is 8.42 Å². The molecule has 0 bridgehead atoms. The van der Waals surface area contributed by atoms with Crippen LogP contribution in [0.3, 0.4) is 0 Å². The quantitative estimate of drug-likeness (QED) is 0.817. The van der Waals surface area contributed by atoms with Crippen LogP contribution in [0.25, 0.3) is 0 Å². The van der Waals surface area contributed by atoms with Gasteiger partial charge in [0.25, 0.3) is 0 Å². The Kier molecular flexibility index (Phi) is 4.33. The van der Waals surface area contributed by atoms with E-state index in [2.05, 4.69) is 9.97 Å². The van der Waals surface area contributed by atoms with Crippen LogP contribution in [0.2, 0.25) is 0 Å². The molecule has 8 heteroatoms. The largest absolute Gasteiger partial charge is 0.473 e. The van der Waals surface area contributed by atoms with Crippen molar-refractivity contribution >= 4 is 10.0 Å². The zero-order valence-electron chi connectivity index (χ0n) is 13.7. The summed E-state index contributed by atoms with van der Waals surface area (Å²) in [7, 11) is -3.21. The van der Waals surface area contributed by atoms with Crippen LogP contribution < -0.4 is 4.74 Å². The molecule has 3 rings (SSSR count). The Bertz CT molecular complexity index is 671. The van der Waals surface area contributed by atoms with Crippen molar-refractivity contribution in [2.24, 2.45) is 0 Å². The smallest absolute Gasteiger partial charge is 0.232 e. The Morgan fingerprint density at radius 3 is 2.78 bits per heavy atom. The lowest BCUT2D eigenvalue weighted by Crippen LogP contribution is -2.68. The van der Waals surface area contributed by atoms with E-state index >= 15 is 0 Å². The van der Waals surface area contributed by atoms with Crippen molar-refractivity contribution in [3.8, 4) is 5.88 Å². The second-order valence-corrected chi connectivity index (χ2v) is 9.11. The van der Waals surface area contributed by atoms with Crippen molar-refractivity contribution in [3.63, 3.8) is 0 Å². The molecule has 1 aromatic rings. The monoisotopic (exact) mass is 341 g/mol. The van der Waals surface area contributed by atoms with Crippen LogP contribution in [0, 0.1) is 6.92 Å². The van der Waals surface area contributed by atoms with Crippen LogP contribution in [-0.2, 0) is 14.8 Å². The van der Waals surface area contributed by atoms with Gasteiger partial charge in [0.1, 0.15) is 6.10 Å². The fourth-order valence-corrected chi connectivity index (χ4v) is 4.47. The standard InChI is InChI=1S/C15H23N3O4S/c1-11(2)23(19,20)18-9-15(10-18)6-13(4-5-21-15)22-14-8-16-7-12(3)17-14/h7-8,11,13H,4-6,9-10H2,1-3H3/t13-/m0/s1. The maximum absolute atomic E-state index is 12.2. The molecule has 1 spiro atoms. The highest BCUT2D eigenvalue weighted by Crippen LogP contribution is 2.37. The molecule has 0 amide bonds. The van der Waals surface area contributed by atoms with Gasteiger partial charge in [-0.25, -0.2) is 13.4 Å². The Morgan fingerprint density at radius 1 is 1.39 bits per heavy atom. The topological polar surface area (TPSA) is 81.6 Å². The van der Waals surface area contributed by atoms with Crippen LogP contribution in [0.15, 0.2) is 12.4 Å². The number of aromatic nitrogens is 2. The van der Waals surface area contributed by atoms with E-state index in [4.69, 9.17) is 9.47 Å². The average molecular weight is 341 g/mol. The molecular weight excluding hydrogens is 318 g/mol. The number of nitrogens with zero attached hydrogens (tertiary/aromatic N) is 3. The molecule has 3 heterocycles. The predicted molar refractivity (Wildman–Crippen MR) is 84.7 cm³/mol. The minimum absolute atomic E-state index is 0.0243. The van der Waals surface area contributed by atoms with Crippen LogP contribution in [0.1, 0.15) is 32.4 Å². The van der Waals surface area contributed by atoms with E-state index in [1.807, 2.05) is 6.92 Å². The first kappa shape index (κ1) is 16.6. The molecule has 1 aromatic heterocycles. The fourth-order valence-electron chi connectivity index (χ4n) is 3.05. The molecule has 23 heavy (non-hydrogen) atoms. The van der Waals surface area contributed by atoms with E-state index in [0.29, 0.717) is 32.0 Å². The zero-order chi connectivity index (χ0) is 16.7. The minimum atomic E-state index is -3.21. The molecule has 2 saturated heterocycles. The minimum Gasteiger partial charge on any atom is -0.473 e. The molecule has 0 saturated carbocycles. The summed E-state index contributed by atoms with van der Waals surface area (Å²) < 4.78 is 37.6. The lowest BCUT2D eigenvalue weighted by Gasteiger charge is -2.52. The van der Waals surface area contributed by atoms with E-state index in [-0.39, 0.29) is 6.10 Å². The van der Waals surface area contributed by atoms with Crippen LogP contribution in [-0.4, -0.2) is 59.3 Å². The molecule has 0 N–H and O–H groups in total. The second kappa shape index (κ2) is 5.99. The summed E-state index contributed by atoms with van der Waals surface area (Å²) in [5.41, 5.74) is 0.393. The van der Waals surface area contributed by atoms with Gasteiger partial charge in [0.05, 0.1) is 29.3 Å². The highest BCUT2D eigenvalue weighted by Gasteiger charge is 2.52. The van der Waals surface area contributed by atoms with Crippen LogP contribution in [0.4, 0.5) is 0 Å². The van der Waals surface area contributed by atoms with Crippen molar-refractivity contribution in [3.05, 3.63) is 18.1 Å². The molecule has 0 aromatic carbocycles. The maximum atomic E-state index is 12.2. The highest BCUT2D eigenvalue weighted by molar-refractivity contribution is 7.89. The molecule has 2 aliphatic heterocycles. The van der Waals surface area contributed by atoms with Crippen molar-refractivity contribution < 1.29 is 17.9 Å². The molecule has 0 aliphatic carbocycles. The Morgan fingerprint density at radius 2 is 2.13 bits per heavy atom. The summed E-state index contributed by atoms with van der Waals surface area (Å²) in [5, 5.41) is -0.405. The molecule has 2 fully saturated rings. The van der Waals surface area contributed by atoms with Gasteiger partial charge in [-0.1, -0.05) is 0 Å². The Labute approximate surface area is 137 Å². The normalized spacial score (nSPS) is 24.6. The summed E-state index contributed by atoms with van der Waals surface area (Å²) in [5.74, 6) is 0.512. The molecule has 7 nitrogen and oxygen atoms in total. The summed E-state index contributed by atoms with van der Waals surface area (Å²) in [6, 6.07) is 0. The van der Waals surface area contributed by atoms with E-state index in [1.165, 1.54) is 4.31 Å². The first-order valence-corrected chi connectivity index (χ1v) is 9.39. The summed E-state index contributed by atoms with van der Waals surface area (Å²) in [6.07, 6.45) is 4.70. The van der Waals surface area contributed by atoms with Crippen LogP contribution >= 0.6 is 0 Å². The fraction of sp³-hybridized carbons (Fsp3) is 0.733.